The minimum Gasteiger partial charge on any atom is -0.417 e. The summed E-state index contributed by atoms with van der Waals surface area (Å²) in [7, 11) is -1.40. The van der Waals surface area contributed by atoms with E-state index in [1.54, 1.807) is 0 Å². The summed E-state index contributed by atoms with van der Waals surface area (Å²) < 4.78 is 16.3. The van der Waals surface area contributed by atoms with Gasteiger partial charge in [-0.1, -0.05) is 5.92 Å². The molecular weight excluding hydrogens is 220 g/mol. The van der Waals surface area contributed by atoms with E-state index in [1.807, 2.05) is 13.8 Å². The topological polar surface area (TPSA) is 27.7 Å². The second-order valence-electron chi connectivity index (χ2n) is 4.27. The van der Waals surface area contributed by atoms with Gasteiger partial charge in [-0.15, -0.1) is 0 Å². The van der Waals surface area contributed by atoms with E-state index in [0.717, 1.165) is 6.42 Å². The highest BCUT2D eigenvalue weighted by Crippen LogP contribution is 2.02. The summed E-state index contributed by atoms with van der Waals surface area (Å²) in [6, 6.07) is 0. The van der Waals surface area contributed by atoms with Gasteiger partial charge in [0.25, 0.3) is 0 Å². The predicted molar refractivity (Wildman–Crippen MR) is 68.7 cm³/mol. The zero-order chi connectivity index (χ0) is 12.4. The van der Waals surface area contributed by atoms with E-state index < -0.39 is 8.32 Å². The summed E-state index contributed by atoms with van der Waals surface area (Å²) in [4.78, 5) is 0. The first kappa shape index (κ1) is 15.7. The maximum absolute atomic E-state index is 5.69. The highest BCUT2D eigenvalue weighted by Gasteiger charge is 2.12. The summed E-state index contributed by atoms with van der Waals surface area (Å²) in [5.74, 6) is 5.97. The largest absolute Gasteiger partial charge is 0.417 e. The second kappa shape index (κ2) is 8.77. The van der Waals surface area contributed by atoms with Crippen molar-refractivity contribution in [3.8, 4) is 11.8 Å². The molecule has 0 aliphatic rings. The first-order valence-corrected chi connectivity index (χ1v) is 9.26. The molecular formula is C12H24O3Si. The summed E-state index contributed by atoms with van der Waals surface area (Å²) in [5.41, 5.74) is 0. The third-order valence-electron chi connectivity index (χ3n) is 1.62. The average Bonchev–Trinajstić information content (AvgIpc) is 2.16. The fourth-order valence-electron chi connectivity index (χ4n) is 0.998. The van der Waals surface area contributed by atoms with E-state index in [2.05, 4.69) is 31.5 Å². The SMILES string of the molecule is CCOC(C#CCCO[Si](C)(C)C)OCC. The maximum Gasteiger partial charge on any atom is 0.222 e. The molecule has 0 aliphatic heterocycles. The third-order valence-corrected chi connectivity index (χ3v) is 2.69. The van der Waals surface area contributed by atoms with Gasteiger partial charge in [0.1, 0.15) is 0 Å². The van der Waals surface area contributed by atoms with Gasteiger partial charge in [-0.2, -0.15) is 0 Å². The van der Waals surface area contributed by atoms with Crippen molar-refractivity contribution in [2.24, 2.45) is 0 Å². The summed E-state index contributed by atoms with van der Waals surface area (Å²) >= 11 is 0. The van der Waals surface area contributed by atoms with Gasteiger partial charge in [-0.25, -0.2) is 0 Å². The number of rotatable bonds is 7. The number of ether oxygens (including phenoxy) is 2. The van der Waals surface area contributed by atoms with Crippen molar-refractivity contribution >= 4 is 8.32 Å². The highest BCUT2D eigenvalue weighted by atomic mass is 28.4. The van der Waals surface area contributed by atoms with E-state index in [9.17, 15) is 0 Å². The molecule has 4 heteroatoms. The Balaban J connectivity index is 3.79. The van der Waals surface area contributed by atoms with Crippen LogP contribution in [0.3, 0.4) is 0 Å². The number of hydrogen-bond acceptors (Lipinski definition) is 3. The zero-order valence-electron chi connectivity index (χ0n) is 11.1. The van der Waals surface area contributed by atoms with Crippen molar-refractivity contribution in [2.45, 2.75) is 46.2 Å². The highest BCUT2D eigenvalue weighted by molar-refractivity contribution is 6.69. The quantitative estimate of drug-likeness (QED) is 0.298. The molecule has 0 fully saturated rings. The van der Waals surface area contributed by atoms with E-state index in [4.69, 9.17) is 13.9 Å². The molecule has 0 rings (SSSR count). The molecule has 0 spiro atoms. The van der Waals surface area contributed by atoms with E-state index in [1.165, 1.54) is 0 Å². The number of hydrogen-bond donors (Lipinski definition) is 0. The van der Waals surface area contributed by atoms with Crippen LogP contribution in [0.1, 0.15) is 20.3 Å². The van der Waals surface area contributed by atoms with Crippen LogP contribution < -0.4 is 0 Å². The monoisotopic (exact) mass is 244 g/mol. The molecule has 0 heterocycles. The minimum absolute atomic E-state index is 0.387. The predicted octanol–water partition coefficient (Wildman–Crippen LogP) is 2.63. The molecule has 0 aromatic heterocycles. The Morgan fingerprint density at radius 1 is 1.06 bits per heavy atom. The lowest BCUT2D eigenvalue weighted by Gasteiger charge is -2.15. The summed E-state index contributed by atoms with van der Waals surface area (Å²) in [6.07, 6.45) is 0.350. The molecule has 0 radical (unpaired) electrons. The zero-order valence-corrected chi connectivity index (χ0v) is 12.1. The molecule has 0 unspecified atom stereocenters. The van der Waals surface area contributed by atoms with E-state index in [-0.39, 0.29) is 6.29 Å². The van der Waals surface area contributed by atoms with Crippen LogP contribution in [0.25, 0.3) is 0 Å². The van der Waals surface area contributed by atoms with Crippen LogP contribution in [0.5, 0.6) is 0 Å². The fourth-order valence-corrected chi connectivity index (χ4v) is 1.71. The van der Waals surface area contributed by atoms with Gasteiger partial charge < -0.3 is 13.9 Å². The van der Waals surface area contributed by atoms with Crippen LogP contribution in [0, 0.1) is 11.8 Å². The molecule has 0 N–H and O–H groups in total. The molecule has 94 valence electrons. The van der Waals surface area contributed by atoms with E-state index >= 15 is 0 Å². The lowest BCUT2D eigenvalue weighted by Crippen LogP contribution is -2.25. The van der Waals surface area contributed by atoms with Crippen LogP contribution in [0.2, 0.25) is 19.6 Å². The van der Waals surface area contributed by atoms with E-state index in [0.29, 0.717) is 19.8 Å². The van der Waals surface area contributed by atoms with Crippen LogP contribution in [0.4, 0.5) is 0 Å². The third kappa shape index (κ3) is 10.2. The summed E-state index contributed by atoms with van der Waals surface area (Å²) in [6.45, 7) is 12.3. The molecule has 3 nitrogen and oxygen atoms in total. The van der Waals surface area contributed by atoms with Gasteiger partial charge >= 0.3 is 0 Å². The molecule has 0 aromatic rings. The van der Waals surface area contributed by atoms with Crippen LogP contribution in [0.15, 0.2) is 0 Å². The molecule has 0 aromatic carbocycles. The molecule has 16 heavy (non-hydrogen) atoms. The Bertz CT molecular complexity index is 219. The van der Waals surface area contributed by atoms with Gasteiger partial charge in [0.15, 0.2) is 8.32 Å². The van der Waals surface area contributed by atoms with Gasteiger partial charge in [0.05, 0.1) is 0 Å². The lowest BCUT2D eigenvalue weighted by atomic mass is 10.4. The Hall–Kier alpha value is -0.343. The van der Waals surface area contributed by atoms with Gasteiger partial charge in [0, 0.05) is 26.2 Å². The maximum atomic E-state index is 5.69. The lowest BCUT2D eigenvalue weighted by molar-refractivity contribution is -0.0970. The Kier molecular flexibility index (Phi) is 8.58. The molecule has 0 saturated carbocycles. The Morgan fingerprint density at radius 3 is 2.06 bits per heavy atom. The van der Waals surface area contributed by atoms with Crippen molar-refractivity contribution < 1.29 is 13.9 Å². The standard InChI is InChI=1S/C12H24O3Si/c1-6-13-12(14-7-2)10-8-9-11-15-16(3,4)5/h12H,6-7,9,11H2,1-5H3. The molecule has 0 bridgehead atoms. The Morgan fingerprint density at radius 2 is 1.62 bits per heavy atom. The van der Waals surface area contributed by atoms with Gasteiger partial charge in [-0.05, 0) is 39.4 Å². The smallest absolute Gasteiger partial charge is 0.222 e. The van der Waals surface area contributed by atoms with Gasteiger partial charge in [0.2, 0.25) is 6.29 Å². The van der Waals surface area contributed by atoms with Crippen LogP contribution in [-0.4, -0.2) is 34.4 Å². The molecule has 0 atom stereocenters. The first-order chi connectivity index (χ1) is 7.49. The van der Waals surface area contributed by atoms with Crippen molar-refractivity contribution in [2.75, 3.05) is 19.8 Å². The molecule has 0 amide bonds. The Labute approximate surface area is 101 Å². The molecule has 0 aliphatic carbocycles. The molecule has 0 saturated heterocycles. The van der Waals surface area contributed by atoms with Crippen molar-refractivity contribution in [1.82, 2.24) is 0 Å². The summed E-state index contributed by atoms with van der Waals surface area (Å²) in [5, 5.41) is 0. The van der Waals surface area contributed by atoms with Crippen molar-refractivity contribution in [3.05, 3.63) is 0 Å². The second-order valence-corrected chi connectivity index (χ2v) is 8.79. The normalized spacial score (nSPS) is 11.4. The first-order valence-electron chi connectivity index (χ1n) is 5.85. The minimum atomic E-state index is -1.40. The van der Waals surface area contributed by atoms with Crippen LogP contribution >= 0.6 is 0 Å². The van der Waals surface area contributed by atoms with Crippen molar-refractivity contribution in [3.63, 3.8) is 0 Å². The average molecular weight is 244 g/mol. The van der Waals surface area contributed by atoms with Crippen LogP contribution in [-0.2, 0) is 13.9 Å². The van der Waals surface area contributed by atoms with Gasteiger partial charge in [-0.3, -0.25) is 0 Å². The fraction of sp³-hybridized carbons (Fsp3) is 0.833. The van der Waals surface area contributed by atoms with Crippen molar-refractivity contribution in [1.29, 1.82) is 0 Å².